The first-order chi connectivity index (χ1) is 12.2. The number of anilines is 1. The Morgan fingerprint density at radius 1 is 0.960 bits per heavy atom. The van der Waals surface area contributed by atoms with Crippen LogP contribution in [0.4, 0.5) is 5.69 Å². The molecule has 1 saturated heterocycles. The first-order valence-electron chi connectivity index (χ1n) is 8.47. The van der Waals surface area contributed by atoms with E-state index in [-0.39, 0.29) is 22.5 Å². The van der Waals surface area contributed by atoms with Gasteiger partial charge in [-0.15, -0.1) is 0 Å². The molecule has 5 nitrogen and oxygen atoms in total. The van der Waals surface area contributed by atoms with Gasteiger partial charge >= 0.3 is 0 Å². The normalized spacial score (nSPS) is 14.7. The lowest BCUT2D eigenvalue weighted by Crippen LogP contribution is -2.32. The molecule has 6 heteroatoms. The molecule has 0 bridgehead atoms. The number of hydrogen-bond acceptors (Lipinski definition) is 3. The largest absolute Gasteiger partial charge is 0.339 e. The second-order valence-corrected chi connectivity index (χ2v) is 6.41. The van der Waals surface area contributed by atoms with Crippen molar-refractivity contribution in [3.63, 3.8) is 0 Å². The number of nitrogens with one attached hydrogen (secondary N) is 1. The molecule has 1 aromatic carbocycles. The van der Waals surface area contributed by atoms with Crippen LogP contribution in [-0.2, 0) is 0 Å². The van der Waals surface area contributed by atoms with Crippen LogP contribution in [0, 0.1) is 0 Å². The Morgan fingerprint density at radius 3 is 2.36 bits per heavy atom. The molecular formula is C19H20ClN3O2. The topological polar surface area (TPSA) is 62.3 Å². The van der Waals surface area contributed by atoms with E-state index in [9.17, 15) is 9.59 Å². The molecule has 0 aliphatic carbocycles. The number of amides is 2. The van der Waals surface area contributed by atoms with Crippen molar-refractivity contribution in [2.75, 3.05) is 18.4 Å². The lowest BCUT2D eigenvalue weighted by atomic mass is 10.1. The van der Waals surface area contributed by atoms with E-state index in [0.29, 0.717) is 11.3 Å². The SMILES string of the molecule is O=C(Nc1ccccc1C(=O)N1CCCCCC1)c1cccnc1Cl. The Kier molecular flexibility index (Phi) is 5.66. The summed E-state index contributed by atoms with van der Waals surface area (Å²) in [6, 6.07) is 10.3. The molecule has 130 valence electrons. The summed E-state index contributed by atoms with van der Waals surface area (Å²) >= 11 is 5.98. The van der Waals surface area contributed by atoms with Gasteiger partial charge in [0, 0.05) is 19.3 Å². The minimum atomic E-state index is -0.380. The molecule has 3 rings (SSSR count). The van der Waals surface area contributed by atoms with Crippen LogP contribution in [0.1, 0.15) is 46.4 Å². The molecule has 0 radical (unpaired) electrons. The molecule has 1 aliphatic heterocycles. The maximum atomic E-state index is 12.9. The highest BCUT2D eigenvalue weighted by Crippen LogP contribution is 2.21. The Balaban J connectivity index is 1.82. The predicted molar refractivity (Wildman–Crippen MR) is 98.0 cm³/mol. The standard InChI is InChI=1S/C19H20ClN3O2/c20-17-15(9-7-11-21-17)18(24)22-16-10-4-3-8-14(16)19(25)23-12-5-1-2-6-13-23/h3-4,7-11H,1-2,5-6,12-13H2,(H,22,24). The van der Waals surface area contributed by atoms with E-state index >= 15 is 0 Å². The number of likely N-dealkylation sites (tertiary alicyclic amines) is 1. The van der Waals surface area contributed by atoms with E-state index in [2.05, 4.69) is 10.3 Å². The van der Waals surface area contributed by atoms with Crippen LogP contribution in [0.25, 0.3) is 0 Å². The Labute approximate surface area is 152 Å². The monoisotopic (exact) mass is 357 g/mol. The van der Waals surface area contributed by atoms with Crippen molar-refractivity contribution in [3.8, 4) is 0 Å². The third-order valence-corrected chi connectivity index (χ3v) is 4.60. The average Bonchev–Trinajstić information content (AvgIpc) is 2.91. The van der Waals surface area contributed by atoms with Crippen molar-refractivity contribution in [2.45, 2.75) is 25.7 Å². The minimum absolute atomic E-state index is 0.0462. The van der Waals surface area contributed by atoms with Crippen LogP contribution in [0.5, 0.6) is 0 Å². The van der Waals surface area contributed by atoms with E-state index in [4.69, 9.17) is 11.6 Å². The molecule has 1 aromatic heterocycles. The van der Waals surface area contributed by atoms with Crippen LogP contribution in [-0.4, -0.2) is 34.8 Å². The number of hydrogen-bond donors (Lipinski definition) is 1. The maximum Gasteiger partial charge on any atom is 0.258 e. The van der Waals surface area contributed by atoms with Gasteiger partial charge in [0.05, 0.1) is 16.8 Å². The van der Waals surface area contributed by atoms with Gasteiger partial charge in [-0.05, 0) is 37.1 Å². The third kappa shape index (κ3) is 4.17. The van der Waals surface area contributed by atoms with E-state index in [0.717, 1.165) is 38.8 Å². The summed E-state index contributed by atoms with van der Waals surface area (Å²) in [6.07, 6.45) is 5.87. The zero-order chi connectivity index (χ0) is 17.6. The molecule has 1 fully saturated rings. The first-order valence-corrected chi connectivity index (χ1v) is 8.85. The van der Waals surface area contributed by atoms with Gasteiger partial charge in [0.1, 0.15) is 5.15 Å². The highest BCUT2D eigenvalue weighted by atomic mass is 35.5. The molecule has 1 N–H and O–H groups in total. The Morgan fingerprint density at radius 2 is 1.64 bits per heavy atom. The van der Waals surface area contributed by atoms with E-state index in [1.165, 1.54) is 6.20 Å². The van der Waals surface area contributed by atoms with E-state index < -0.39 is 0 Å². The summed E-state index contributed by atoms with van der Waals surface area (Å²) < 4.78 is 0. The number of para-hydroxylation sites is 1. The number of halogens is 1. The highest BCUT2D eigenvalue weighted by molar-refractivity contribution is 6.33. The van der Waals surface area contributed by atoms with E-state index in [1.807, 2.05) is 4.90 Å². The molecule has 2 heterocycles. The van der Waals surface area contributed by atoms with Crippen molar-refractivity contribution < 1.29 is 9.59 Å². The molecule has 25 heavy (non-hydrogen) atoms. The van der Waals surface area contributed by atoms with Gasteiger partial charge in [0.2, 0.25) is 0 Å². The fourth-order valence-electron chi connectivity index (χ4n) is 2.97. The Bertz CT molecular complexity index is 771. The molecule has 1 aliphatic rings. The van der Waals surface area contributed by atoms with Gasteiger partial charge < -0.3 is 10.2 Å². The number of rotatable bonds is 3. The summed E-state index contributed by atoms with van der Waals surface area (Å²) in [7, 11) is 0. The number of nitrogens with zero attached hydrogens (tertiary/aromatic N) is 2. The maximum absolute atomic E-state index is 12.9. The number of benzene rings is 1. The fourth-order valence-corrected chi connectivity index (χ4v) is 3.17. The third-order valence-electron chi connectivity index (χ3n) is 4.30. The summed E-state index contributed by atoms with van der Waals surface area (Å²) in [5.41, 5.74) is 1.26. The summed E-state index contributed by atoms with van der Waals surface area (Å²) in [5.74, 6) is -0.427. The second-order valence-electron chi connectivity index (χ2n) is 6.05. The zero-order valence-corrected chi connectivity index (χ0v) is 14.6. The minimum Gasteiger partial charge on any atom is -0.339 e. The van der Waals surface area contributed by atoms with Crippen LogP contribution in [0.15, 0.2) is 42.6 Å². The van der Waals surface area contributed by atoms with Crippen LogP contribution >= 0.6 is 11.6 Å². The van der Waals surface area contributed by atoms with Crippen molar-refractivity contribution >= 4 is 29.1 Å². The van der Waals surface area contributed by atoms with Crippen molar-refractivity contribution in [2.24, 2.45) is 0 Å². The van der Waals surface area contributed by atoms with Crippen molar-refractivity contribution in [3.05, 3.63) is 58.9 Å². The van der Waals surface area contributed by atoms with Gasteiger partial charge in [-0.2, -0.15) is 0 Å². The van der Waals surface area contributed by atoms with Crippen LogP contribution < -0.4 is 5.32 Å². The number of aromatic nitrogens is 1. The first kappa shape index (κ1) is 17.4. The smallest absolute Gasteiger partial charge is 0.258 e. The molecule has 0 spiro atoms. The summed E-state index contributed by atoms with van der Waals surface area (Å²) in [4.78, 5) is 31.2. The van der Waals surface area contributed by atoms with Crippen molar-refractivity contribution in [1.82, 2.24) is 9.88 Å². The molecular weight excluding hydrogens is 338 g/mol. The predicted octanol–water partition coefficient (Wildman–Crippen LogP) is 4.00. The molecule has 2 aromatic rings. The van der Waals surface area contributed by atoms with Gasteiger partial charge in [0.15, 0.2) is 0 Å². The Hall–Kier alpha value is -2.40. The molecule has 0 atom stereocenters. The van der Waals surface area contributed by atoms with Gasteiger partial charge in [-0.1, -0.05) is 36.6 Å². The molecule has 0 unspecified atom stereocenters. The van der Waals surface area contributed by atoms with Crippen LogP contribution in [0.3, 0.4) is 0 Å². The number of carbonyl (C=O) groups excluding carboxylic acids is 2. The fraction of sp³-hybridized carbons (Fsp3) is 0.316. The quantitative estimate of drug-likeness (QED) is 0.844. The van der Waals surface area contributed by atoms with Gasteiger partial charge in [-0.3, -0.25) is 9.59 Å². The van der Waals surface area contributed by atoms with Gasteiger partial charge in [0.25, 0.3) is 11.8 Å². The van der Waals surface area contributed by atoms with E-state index in [1.54, 1.807) is 36.4 Å². The van der Waals surface area contributed by atoms with Gasteiger partial charge in [-0.25, -0.2) is 4.98 Å². The summed E-state index contributed by atoms with van der Waals surface area (Å²) in [5, 5.41) is 2.93. The van der Waals surface area contributed by atoms with Crippen LogP contribution in [0.2, 0.25) is 5.15 Å². The summed E-state index contributed by atoms with van der Waals surface area (Å²) in [6.45, 7) is 1.52. The molecule has 0 saturated carbocycles. The molecule has 2 amide bonds. The lowest BCUT2D eigenvalue weighted by Gasteiger charge is -2.22. The number of carbonyl (C=O) groups is 2. The zero-order valence-electron chi connectivity index (χ0n) is 13.9. The average molecular weight is 358 g/mol. The second kappa shape index (κ2) is 8.12. The number of pyridine rings is 1. The highest BCUT2D eigenvalue weighted by Gasteiger charge is 2.21. The van der Waals surface area contributed by atoms with Crippen molar-refractivity contribution in [1.29, 1.82) is 0 Å². The lowest BCUT2D eigenvalue weighted by molar-refractivity contribution is 0.0762.